The van der Waals surface area contributed by atoms with Crippen molar-refractivity contribution in [2.45, 2.75) is 32.9 Å². The molecule has 3 N–H and O–H groups in total. The van der Waals surface area contributed by atoms with E-state index in [1.165, 1.54) is 5.56 Å². The average molecular weight is 206 g/mol. The Morgan fingerprint density at radius 1 is 1.27 bits per heavy atom. The fourth-order valence-electron chi connectivity index (χ4n) is 1.28. The quantitative estimate of drug-likeness (QED) is 0.787. The molecular formula is C12H18N2O. The lowest BCUT2D eigenvalue weighted by Crippen LogP contribution is -2.39. The Morgan fingerprint density at radius 3 is 2.27 bits per heavy atom. The molecular weight excluding hydrogens is 188 g/mol. The van der Waals surface area contributed by atoms with Crippen LogP contribution in [0.3, 0.4) is 0 Å². The standard InChI is InChI=1S/C12H18N2O/c1-8-4-6-11(7-5-8)10(3)14-12(15)9(2)13/h4-7,9-10H,13H2,1-3H3,(H,14,15)/t9-,10?/m1/s1. The molecule has 0 spiro atoms. The molecule has 0 aromatic heterocycles. The van der Waals surface area contributed by atoms with Gasteiger partial charge < -0.3 is 11.1 Å². The number of amides is 1. The Bertz CT molecular complexity index is 330. The van der Waals surface area contributed by atoms with E-state index in [4.69, 9.17) is 5.73 Å². The van der Waals surface area contributed by atoms with Crippen molar-refractivity contribution in [2.24, 2.45) is 5.73 Å². The Hall–Kier alpha value is -1.35. The second kappa shape index (κ2) is 4.94. The van der Waals surface area contributed by atoms with Crippen molar-refractivity contribution in [1.29, 1.82) is 0 Å². The summed E-state index contributed by atoms with van der Waals surface area (Å²) in [5, 5.41) is 2.85. The van der Waals surface area contributed by atoms with Gasteiger partial charge >= 0.3 is 0 Å². The van der Waals surface area contributed by atoms with Gasteiger partial charge in [-0.05, 0) is 26.3 Å². The lowest BCUT2D eigenvalue weighted by atomic mass is 10.1. The smallest absolute Gasteiger partial charge is 0.237 e. The van der Waals surface area contributed by atoms with E-state index in [0.717, 1.165) is 5.56 Å². The minimum Gasteiger partial charge on any atom is -0.348 e. The zero-order valence-corrected chi connectivity index (χ0v) is 9.45. The van der Waals surface area contributed by atoms with E-state index >= 15 is 0 Å². The molecule has 0 bridgehead atoms. The summed E-state index contributed by atoms with van der Waals surface area (Å²) in [6.07, 6.45) is 0. The van der Waals surface area contributed by atoms with Crippen molar-refractivity contribution in [3.63, 3.8) is 0 Å². The van der Waals surface area contributed by atoms with Crippen LogP contribution in [-0.2, 0) is 4.79 Å². The van der Waals surface area contributed by atoms with Crippen LogP contribution in [0.25, 0.3) is 0 Å². The second-order valence-electron chi connectivity index (χ2n) is 3.93. The average Bonchev–Trinajstić information content (AvgIpc) is 2.18. The minimum atomic E-state index is -0.460. The molecule has 1 unspecified atom stereocenters. The van der Waals surface area contributed by atoms with E-state index < -0.39 is 6.04 Å². The molecule has 1 aromatic carbocycles. The van der Waals surface area contributed by atoms with Gasteiger partial charge in [-0.1, -0.05) is 29.8 Å². The van der Waals surface area contributed by atoms with E-state index in [-0.39, 0.29) is 11.9 Å². The van der Waals surface area contributed by atoms with Gasteiger partial charge in [0.25, 0.3) is 0 Å². The van der Waals surface area contributed by atoms with Crippen molar-refractivity contribution < 1.29 is 4.79 Å². The van der Waals surface area contributed by atoms with Crippen molar-refractivity contribution in [2.75, 3.05) is 0 Å². The van der Waals surface area contributed by atoms with E-state index in [0.29, 0.717) is 0 Å². The topological polar surface area (TPSA) is 55.1 Å². The molecule has 0 aliphatic carbocycles. The third-order valence-corrected chi connectivity index (χ3v) is 2.35. The molecule has 0 saturated heterocycles. The second-order valence-corrected chi connectivity index (χ2v) is 3.93. The van der Waals surface area contributed by atoms with Gasteiger partial charge in [-0.3, -0.25) is 4.79 Å². The number of carbonyl (C=O) groups is 1. The summed E-state index contributed by atoms with van der Waals surface area (Å²) in [6, 6.07) is 7.64. The van der Waals surface area contributed by atoms with Crippen LogP contribution >= 0.6 is 0 Å². The van der Waals surface area contributed by atoms with Crippen LogP contribution in [0.15, 0.2) is 24.3 Å². The van der Waals surface area contributed by atoms with Gasteiger partial charge in [0.2, 0.25) is 5.91 Å². The van der Waals surface area contributed by atoms with Crippen molar-refractivity contribution in [3.05, 3.63) is 35.4 Å². The summed E-state index contributed by atoms with van der Waals surface area (Å²) in [4.78, 5) is 11.4. The van der Waals surface area contributed by atoms with Gasteiger partial charge in [0.1, 0.15) is 0 Å². The summed E-state index contributed by atoms with van der Waals surface area (Å²) < 4.78 is 0. The zero-order chi connectivity index (χ0) is 11.4. The molecule has 3 nitrogen and oxygen atoms in total. The van der Waals surface area contributed by atoms with Gasteiger partial charge in [0, 0.05) is 0 Å². The van der Waals surface area contributed by atoms with Crippen LogP contribution in [0.5, 0.6) is 0 Å². The van der Waals surface area contributed by atoms with Crippen LogP contribution in [-0.4, -0.2) is 11.9 Å². The normalized spacial score (nSPS) is 14.4. The van der Waals surface area contributed by atoms with Gasteiger partial charge in [-0.25, -0.2) is 0 Å². The first-order valence-electron chi connectivity index (χ1n) is 5.13. The molecule has 1 amide bonds. The number of hydrogen-bond donors (Lipinski definition) is 2. The monoisotopic (exact) mass is 206 g/mol. The molecule has 0 radical (unpaired) electrons. The van der Waals surface area contributed by atoms with Crippen LogP contribution in [0, 0.1) is 6.92 Å². The first-order chi connectivity index (χ1) is 7.00. The van der Waals surface area contributed by atoms with Gasteiger partial charge in [0.15, 0.2) is 0 Å². The highest BCUT2D eigenvalue weighted by atomic mass is 16.2. The SMILES string of the molecule is Cc1ccc(C(C)NC(=O)[C@@H](C)N)cc1. The number of rotatable bonds is 3. The van der Waals surface area contributed by atoms with Crippen molar-refractivity contribution >= 4 is 5.91 Å². The van der Waals surface area contributed by atoms with Gasteiger partial charge in [0.05, 0.1) is 12.1 Å². The van der Waals surface area contributed by atoms with E-state index in [2.05, 4.69) is 5.32 Å². The highest BCUT2D eigenvalue weighted by Crippen LogP contribution is 2.12. The van der Waals surface area contributed by atoms with Crippen LogP contribution in [0.2, 0.25) is 0 Å². The summed E-state index contributed by atoms with van der Waals surface area (Å²) in [5.74, 6) is -0.122. The number of hydrogen-bond acceptors (Lipinski definition) is 2. The molecule has 82 valence electrons. The lowest BCUT2D eigenvalue weighted by molar-refractivity contribution is -0.122. The minimum absolute atomic E-state index is 0.00380. The third-order valence-electron chi connectivity index (χ3n) is 2.35. The summed E-state index contributed by atoms with van der Waals surface area (Å²) in [7, 11) is 0. The first-order valence-corrected chi connectivity index (χ1v) is 5.13. The number of nitrogens with two attached hydrogens (primary N) is 1. The first kappa shape index (κ1) is 11.7. The highest BCUT2D eigenvalue weighted by molar-refractivity contribution is 5.81. The van der Waals surface area contributed by atoms with Crippen LogP contribution in [0.4, 0.5) is 0 Å². The van der Waals surface area contributed by atoms with E-state index in [9.17, 15) is 4.79 Å². The zero-order valence-electron chi connectivity index (χ0n) is 9.45. The number of carbonyl (C=O) groups excluding carboxylic acids is 1. The summed E-state index contributed by atoms with van der Waals surface area (Å²) in [6.45, 7) is 5.66. The molecule has 0 aliphatic heterocycles. The Morgan fingerprint density at radius 2 is 1.80 bits per heavy atom. The summed E-state index contributed by atoms with van der Waals surface area (Å²) >= 11 is 0. The van der Waals surface area contributed by atoms with Crippen LogP contribution in [0.1, 0.15) is 31.0 Å². The number of nitrogens with one attached hydrogen (secondary N) is 1. The fourth-order valence-corrected chi connectivity index (χ4v) is 1.28. The predicted octanol–water partition coefficient (Wildman–Crippen LogP) is 1.52. The largest absolute Gasteiger partial charge is 0.348 e. The molecule has 15 heavy (non-hydrogen) atoms. The van der Waals surface area contributed by atoms with Crippen LogP contribution < -0.4 is 11.1 Å². The Kier molecular flexibility index (Phi) is 3.86. The maximum Gasteiger partial charge on any atom is 0.237 e. The molecule has 0 fully saturated rings. The maximum absolute atomic E-state index is 11.4. The molecule has 0 heterocycles. The number of aryl methyl sites for hydroxylation is 1. The van der Waals surface area contributed by atoms with Crippen molar-refractivity contribution in [3.8, 4) is 0 Å². The molecule has 0 saturated carbocycles. The van der Waals surface area contributed by atoms with E-state index in [1.54, 1.807) is 6.92 Å². The van der Waals surface area contributed by atoms with E-state index in [1.807, 2.05) is 38.1 Å². The third kappa shape index (κ3) is 3.36. The number of benzene rings is 1. The molecule has 0 aliphatic rings. The van der Waals surface area contributed by atoms with Gasteiger partial charge in [-0.2, -0.15) is 0 Å². The maximum atomic E-state index is 11.4. The molecule has 1 aromatic rings. The Balaban J connectivity index is 2.65. The lowest BCUT2D eigenvalue weighted by Gasteiger charge is -2.16. The predicted molar refractivity (Wildman–Crippen MR) is 61.4 cm³/mol. The van der Waals surface area contributed by atoms with Gasteiger partial charge in [-0.15, -0.1) is 0 Å². The Labute approximate surface area is 90.7 Å². The molecule has 2 atom stereocenters. The fraction of sp³-hybridized carbons (Fsp3) is 0.417. The highest BCUT2D eigenvalue weighted by Gasteiger charge is 2.11. The molecule has 1 rings (SSSR count). The molecule has 3 heteroatoms. The van der Waals surface area contributed by atoms with Crippen molar-refractivity contribution in [1.82, 2.24) is 5.32 Å². The summed E-state index contributed by atoms with van der Waals surface area (Å²) in [5.41, 5.74) is 7.78.